The standard InChI is InChI=1S/C18H14F2N2O2S/c1-11-21-15(10-25-11)12-5-4-6-13(9-12)22-17(23)14-7-2-3-8-16(14)24-18(19)20/h2-10,18H,1H3,(H,22,23). The van der Waals surface area contributed by atoms with E-state index >= 15 is 0 Å². The number of hydrogen-bond acceptors (Lipinski definition) is 4. The van der Waals surface area contributed by atoms with Crippen LogP contribution in [0.5, 0.6) is 5.75 Å². The van der Waals surface area contributed by atoms with Gasteiger partial charge in [0.15, 0.2) is 0 Å². The highest BCUT2D eigenvalue weighted by atomic mass is 32.1. The monoisotopic (exact) mass is 360 g/mol. The molecular weight excluding hydrogens is 346 g/mol. The van der Waals surface area contributed by atoms with Crippen LogP contribution in [0.15, 0.2) is 53.9 Å². The van der Waals surface area contributed by atoms with Gasteiger partial charge in [-0.2, -0.15) is 8.78 Å². The Morgan fingerprint density at radius 1 is 1.20 bits per heavy atom. The lowest BCUT2D eigenvalue weighted by Gasteiger charge is -2.11. The average Bonchev–Trinajstić information content (AvgIpc) is 3.01. The van der Waals surface area contributed by atoms with E-state index in [1.165, 1.54) is 29.5 Å². The second-order valence-electron chi connectivity index (χ2n) is 5.16. The maximum Gasteiger partial charge on any atom is 0.387 e. The number of ether oxygens (including phenoxy) is 1. The summed E-state index contributed by atoms with van der Waals surface area (Å²) in [6, 6.07) is 13.1. The topological polar surface area (TPSA) is 51.2 Å². The van der Waals surface area contributed by atoms with Gasteiger partial charge in [0, 0.05) is 16.6 Å². The number of para-hydroxylation sites is 1. The molecule has 0 saturated heterocycles. The lowest BCUT2D eigenvalue weighted by atomic mass is 10.1. The maximum atomic E-state index is 12.5. The number of benzene rings is 2. The molecule has 25 heavy (non-hydrogen) atoms. The van der Waals surface area contributed by atoms with Crippen molar-refractivity contribution >= 4 is 22.9 Å². The lowest BCUT2D eigenvalue weighted by molar-refractivity contribution is -0.0501. The number of alkyl halides is 2. The van der Waals surface area contributed by atoms with Gasteiger partial charge in [-0.05, 0) is 31.2 Å². The molecule has 1 aromatic heterocycles. The fraction of sp³-hybridized carbons (Fsp3) is 0.111. The third kappa shape index (κ3) is 4.19. The van der Waals surface area contributed by atoms with E-state index in [1.54, 1.807) is 24.3 Å². The number of carbonyl (C=O) groups excluding carboxylic acids is 1. The van der Waals surface area contributed by atoms with Gasteiger partial charge in [0.1, 0.15) is 5.75 Å². The van der Waals surface area contributed by atoms with Crippen molar-refractivity contribution in [2.45, 2.75) is 13.5 Å². The van der Waals surface area contributed by atoms with Crippen LogP contribution in [0.25, 0.3) is 11.3 Å². The Morgan fingerprint density at radius 3 is 2.72 bits per heavy atom. The molecule has 0 aliphatic heterocycles. The summed E-state index contributed by atoms with van der Waals surface area (Å²) in [7, 11) is 0. The number of amides is 1. The number of nitrogens with one attached hydrogen (secondary N) is 1. The van der Waals surface area contributed by atoms with E-state index in [4.69, 9.17) is 0 Å². The highest BCUT2D eigenvalue weighted by Gasteiger charge is 2.15. The molecule has 7 heteroatoms. The van der Waals surface area contributed by atoms with Crippen LogP contribution in [-0.4, -0.2) is 17.5 Å². The summed E-state index contributed by atoms with van der Waals surface area (Å²) in [5, 5.41) is 5.58. The molecule has 0 spiro atoms. The second-order valence-corrected chi connectivity index (χ2v) is 6.22. The molecule has 0 unspecified atom stereocenters. The van der Waals surface area contributed by atoms with E-state index in [2.05, 4.69) is 15.0 Å². The van der Waals surface area contributed by atoms with Gasteiger partial charge in [-0.15, -0.1) is 11.3 Å². The molecular formula is C18H14F2N2O2S. The van der Waals surface area contributed by atoms with Gasteiger partial charge >= 0.3 is 6.61 Å². The quantitative estimate of drug-likeness (QED) is 0.699. The van der Waals surface area contributed by atoms with E-state index in [0.717, 1.165) is 16.3 Å². The van der Waals surface area contributed by atoms with E-state index in [0.29, 0.717) is 5.69 Å². The minimum atomic E-state index is -3.00. The molecule has 0 atom stereocenters. The number of thiazole rings is 1. The molecule has 1 heterocycles. The Bertz CT molecular complexity index is 896. The third-order valence-corrected chi connectivity index (χ3v) is 4.16. The van der Waals surface area contributed by atoms with Gasteiger partial charge < -0.3 is 10.1 Å². The number of hydrogen-bond donors (Lipinski definition) is 1. The zero-order valence-corrected chi connectivity index (χ0v) is 14.0. The fourth-order valence-corrected chi connectivity index (χ4v) is 2.93. The molecule has 1 amide bonds. The first-order chi connectivity index (χ1) is 12.0. The first-order valence-corrected chi connectivity index (χ1v) is 8.28. The summed E-state index contributed by atoms with van der Waals surface area (Å²) in [5.41, 5.74) is 2.26. The maximum absolute atomic E-state index is 12.5. The van der Waals surface area contributed by atoms with Crippen LogP contribution < -0.4 is 10.1 Å². The van der Waals surface area contributed by atoms with Crippen molar-refractivity contribution in [1.82, 2.24) is 4.98 Å². The van der Waals surface area contributed by atoms with Crippen molar-refractivity contribution in [1.29, 1.82) is 0 Å². The predicted octanol–water partition coefficient (Wildman–Crippen LogP) is 4.97. The molecule has 0 aliphatic rings. The molecule has 0 aliphatic carbocycles. The zero-order chi connectivity index (χ0) is 17.8. The van der Waals surface area contributed by atoms with Crippen molar-refractivity contribution < 1.29 is 18.3 Å². The Hall–Kier alpha value is -2.80. The SMILES string of the molecule is Cc1nc(-c2cccc(NC(=O)c3ccccc3OC(F)F)c2)cs1. The van der Waals surface area contributed by atoms with Crippen LogP contribution in [0, 0.1) is 6.92 Å². The minimum Gasteiger partial charge on any atom is -0.434 e. The Balaban J connectivity index is 1.82. The molecule has 3 aromatic rings. The molecule has 1 N–H and O–H groups in total. The minimum absolute atomic E-state index is 0.0395. The van der Waals surface area contributed by atoms with Crippen LogP contribution >= 0.6 is 11.3 Å². The molecule has 3 rings (SSSR count). The van der Waals surface area contributed by atoms with Gasteiger partial charge in [-0.3, -0.25) is 4.79 Å². The van der Waals surface area contributed by atoms with Crippen LogP contribution in [0.3, 0.4) is 0 Å². The molecule has 0 fully saturated rings. The number of nitrogens with zero attached hydrogens (tertiary/aromatic N) is 1. The smallest absolute Gasteiger partial charge is 0.387 e. The van der Waals surface area contributed by atoms with Gasteiger partial charge in [0.05, 0.1) is 16.3 Å². The number of rotatable bonds is 5. The number of aromatic nitrogens is 1. The summed E-state index contributed by atoms with van der Waals surface area (Å²) in [6.07, 6.45) is 0. The van der Waals surface area contributed by atoms with Gasteiger partial charge in [0.2, 0.25) is 0 Å². The number of halogens is 2. The van der Waals surface area contributed by atoms with Gasteiger partial charge in [-0.1, -0.05) is 24.3 Å². The van der Waals surface area contributed by atoms with Crippen LogP contribution in [0.2, 0.25) is 0 Å². The number of aryl methyl sites for hydroxylation is 1. The van der Waals surface area contributed by atoms with Crippen molar-refractivity contribution in [2.24, 2.45) is 0 Å². The van der Waals surface area contributed by atoms with E-state index < -0.39 is 12.5 Å². The predicted molar refractivity (Wildman–Crippen MR) is 93.3 cm³/mol. The number of carbonyl (C=O) groups is 1. The van der Waals surface area contributed by atoms with Crippen molar-refractivity contribution in [3.05, 3.63) is 64.5 Å². The van der Waals surface area contributed by atoms with Crippen molar-refractivity contribution in [3.63, 3.8) is 0 Å². The molecule has 4 nitrogen and oxygen atoms in total. The highest BCUT2D eigenvalue weighted by molar-refractivity contribution is 7.09. The first kappa shape index (κ1) is 17.0. The van der Waals surface area contributed by atoms with Crippen LogP contribution in [0.1, 0.15) is 15.4 Å². The lowest BCUT2D eigenvalue weighted by Crippen LogP contribution is -2.15. The van der Waals surface area contributed by atoms with Gasteiger partial charge in [-0.25, -0.2) is 4.98 Å². The van der Waals surface area contributed by atoms with Gasteiger partial charge in [0.25, 0.3) is 5.91 Å². The normalized spacial score (nSPS) is 10.7. The Morgan fingerprint density at radius 2 is 2.00 bits per heavy atom. The van der Waals surface area contributed by atoms with E-state index in [9.17, 15) is 13.6 Å². The second kappa shape index (κ2) is 7.40. The molecule has 2 aromatic carbocycles. The Kier molecular flexibility index (Phi) is 5.04. The summed E-state index contributed by atoms with van der Waals surface area (Å²) in [5.74, 6) is -0.691. The van der Waals surface area contributed by atoms with Crippen molar-refractivity contribution in [2.75, 3.05) is 5.32 Å². The molecule has 0 bridgehead atoms. The third-order valence-electron chi connectivity index (χ3n) is 3.38. The first-order valence-electron chi connectivity index (χ1n) is 7.40. The van der Waals surface area contributed by atoms with E-state index in [1.807, 2.05) is 18.4 Å². The summed E-state index contributed by atoms with van der Waals surface area (Å²) in [4.78, 5) is 16.8. The molecule has 0 radical (unpaired) electrons. The Labute approximate surface area is 147 Å². The molecule has 128 valence electrons. The summed E-state index contributed by atoms with van der Waals surface area (Å²) in [6.45, 7) is -1.08. The summed E-state index contributed by atoms with van der Waals surface area (Å²) >= 11 is 1.54. The van der Waals surface area contributed by atoms with E-state index in [-0.39, 0.29) is 11.3 Å². The molecule has 0 saturated carbocycles. The van der Waals surface area contributed by atoms with Crippen molar-refractivity contribution in [3.8, 4) is 17.0 Å². The van der Waals surface area contributed by atoms with Crippen LogP contribution in [0.4, 0.5) is 14.5 Å². The zero-order valence-electron chi connectivity index (χ0n) is 13.2. The fourth-order valence-electron chi connectivity index (χ4n) is 2.30. The summed E-state index contributed by atoms with van der Waals surface area (Å²) < 4.78 is 29.3. The van der Waals surface area contributed by atoms with Crippen LogP contribution in [-0.2, 0) is 0 Å². The highest BCUT2D eigenvalue weighted by Crippen LogP contribution is 2.26. The largest absolute Gasteiger partial charge is 0.434 e. The average molecular weight is 360 g/mol. The number of anilines is 1.